The highest BCUT2D eigenvalue weighted by molar-refractivity contribution is 8.00. The van der Waals surface area contributed by atoms with Crippen LogP contribution < -0.4 is 10.2 Å². The number of hydrogen-bond acceptors (Lipinski definition) is 7. The second-order valence-corrected chi connectivity index (χ2v) is 8.45. The summed E-state index contributed by atoms with van der Waals surface area (Å²) in [6, 6.07) is 7.46. The molecule has 1 aliphatic heterocycles. The number of carbonyl (C=O) groups excluding carboxylic acids is 1. The minimum atomic E-state index is -0.313. The lowest BCUT2D eigenvalue weighted by Crippen LogP contribution is -2.44. The van der Waals surface area contributed by atoms with Crippen molar-refractivity contribution in [1.82, 2.24) is 24.6 Å². The average Bonchev–Trinajstić information content (AvgIpc) is 3.18. The van der Waals surface area contributed by atoms with Gasteiger partial charge in [0.2, 0.25) is 5.91 Å². The zero-order chi connectivity index (χ0) is 22.0. The minimum Gasteiger partial charge on any atom is -0.497 e. The summed E-state index contributed by atoms with van der Waals surface area (Å²) in [7, 11) is 1.62. The summed E-state index contributed by atoms with van der Waals surface area (Å²) in [5, 5.41) is 17.0. The van der Waals surface area contributed by atoms with Crippen LogP contribution in [0.4, 0.5) is 0 Å². The molecule has 1 aromatic carbocycles. The Kier molecular flexibility index (Phi) is 6.28. The number of ether oxygens (including phenoxy) is 2. The van der Waals surface area contributed by atoms with Gasteiger partial charge in [-0.2, -0.15) is 5.10 Å². The van der Waals surface area contributed by atoms with Gasteiger partial charge in [-0.3, -0.25) is 19.9 Å². The van der Waals surface area contributed by atoms with Crippen molar-refractivity contribution in [3.63, 3.8) is 0 Å². The quantitative estimate of drug-likeness (QED) is 0.448. The molecular formula is C21H26N6O3S. The van der Waals surface area contributed by atoms with Crippen molar-refractivity contribution >= 4 is 28.7 Å². The van der Waals surface area contributed by atoms with Gasteiger partial charge in [0.15, 0.2) is 10.8 Å². The highest BCUT2D eigenvalue weighted by Gasteiger charge is 2.28. The first-order valence-corrected chi connectivity index (χ1v) is 11.1. The van der Waals surface area contributed by atoms with E-state index in [1.165, 1.54) is 11.8 Å². The summed E-state index contributed by atoms with van der Waals surface area (Å²) in [6.45, 7) is 6.19. The second-order valence-electron chi connectivity index (χ2n) is 7.28. The largest absolute Gasteiger partial charge is 0.497 e. The summed E-state index contributed by atoms with van der Waals surface area (Å²) in [4.78, 5) is 19.7. The maximum absolute atomic E-state index is 13.1. The zero-order valence-corrected chi connectivity index (χ0v) is 18.7. The van der Waals surface area contributed by atoms with Crippen LogP contribution in [0.5, 0.6) is 5.75 Å². The molecule has 31 heavy (non-hydrogen) atoms. The summed E-state index contributed by atoms with van der Waals surface area (Å²) in [5.41, 5.74) is 2.31. The predicted octanol–water partition coefficient (Wildman–Crippen LogP) is 2.27. The van der Waals surface area contributed by atoms with Gasteiger partial charge in [0, 0.05) is 24.5 Å². The zero-order valence-electron chi connectivity index (χ0n) is 17.8. The number of benzene rings is 1. The van der Waals surface area contributed by atoms with Crippen LogP contribution in [0.3, 0.4) is 0 Å². The first kappa shape index (κ1) is 21.4. The third-order valence-electron chi connectivity index (χ3n) is 5.33. The van der Waals surface area contributed by atoms with Crippen molar-refractivity contribution < 1.29 is 14.3 Å². The number of aromatic amines is 1. The normalized spacial score (nSPS) is 15.3. The molecule has 0 bridgehead atoms. The number of amides is 1. The fourth-order valence-corrected chi connectivity index (χ4v) is 4.71. The van der Waals surface area contributed by atoms with Crippen LogP contribution in [0.2, 0.25) is 0 Å². The number of H-pyrrole nitrogens is 1. The highest BCUT2D eigenvalue weighted by Crippen LogP contribution is 2.29. The van der Waals surface area contributed by atoms with E-state index >= 15 is 0 Å². The molecule has 4 rings (SSSR count). The van der Waals surface area contributed by atoms with E-state index in [4.69, 9.17) is 19.9 Å². The molecule has 9 nitrogen and oxygen atoms in total. The van der Waals surface area contributed by atoms with Gasteiger partial charge < -0.3 is 14.4 Å². The molecule has 0 unspecified atom stereocenters. The van der Waals surface area contributed by atoms with Crippen LogP contribution in [0.25, 0.3) is 16.7 Å². The van der Waals surface area contributed by atoms with Gasteiger partial charge in [-0.15, -0.1) is 0 Å². The molecule has 3 heterocycles. The lowest BCUT2D eigenvalue weighted by atomic mass is 10.2. The number of nitrogens with one attached hydrogen (secondary N) is 2. The van der Waals surface area contributed by atoms with Crippen molar-refractivity contribution in [2.45, 2.75) is 30.7 Å². The lowest BCUT2D eigenvalue weighted by molar-refractivity contribution is -0.134. The Morgan fingerprint density at radius 2 is 2.03 bits per heavy atom. The Morgan fingerprint density at radius 1 is 1.32 bits per heavy atom. The van der Waals surface area contributed by atoms with E-state index in [2.05, 4.69) is 10.2 Å². The number of fused-ring (bicyclic) bond motifs is 1. The van der Waals surface area contributed by atoms with E-state index < -0.39 is 0 Å². The van der Waals surface area contributed by atoms with Crippen molar-refractivity contribution in [1.29, 1.82) is 5.41 Å². The Labute approximate surface area is 184 Å². The number of rotatable bonds is 6. The summed E-state index contributed by atoms with van der Waals surface area (Å²) < 4.78 is 12.4. The third kappa shape index (κ3) is 4.17. The molecule has 1 atom stereocenters. The number of aromatic nitrogens is 4. The average molecular weight is 443 g/mol. The molecule has 164 valence electrons. The Hall–Kier alpha value is -2.85. The lowest BCUT2D eigenvalue weighted by Gasteiger charge is -2.30. The van der Waals surface area contributed by atoms with E-state index in [-0.39, 0.29) is 16.6 Å². The molecular weight excluding hydrogens is 416 g/mol. The van der Waals surface area contributed by atoms with E-state index in [0.29, 0.717) is 48.9 Å². The molecule has 3 aromatic rings. The molecule has 1 aliphatic rings. The van der Waals surface area contributed by atoms with Crippen LogP contribution in [-0.2, 0) is 9.53 Å². The fourth-order valence-electron chi connectivity index (χ4n) is 3.60. The smallest absolute Gasteiger partial charge is 0.236 e. The Balaban J connectivity index is 1.78. The van der Waals surface area contributed by atoms with E-state index in [1.54, 1.807) is 11.7 Å². The molecule has 0 radical (unpaired) electrons. The minimum absolute atomic E-state index is 0.0729. The molecule has 1 amide bonds. The van der Waals surface area contributed by atoms with Gasteiger partial charge in [-0.05, 0) is 37.6 Å². The molecule has 1 saturated heterocycles. The number of methoxy groups -OCH3 is 1. The Bertz CT molecular complexity index is 1130. The van der Waals surface area contributed by atoms with Crippen LogP contribution in [0.15, 0.2) is 29.4 Å². The van der Waals surface area contributed by atoms with Crippen LogP contribution in [0.1, 0.15) is 19.0 Å². The number of hydrogen-bond donors (Lipinski definition) is 2. The van der Waals surface area contributed by atoms with Gasteiger partial charge in [-0.25, -0.2) is 4.98 Å². The first-order valence-electron chi connectivity index (χ1n) is 10.2. The van der Waals surface area contributed by atoms with Crippen LogP contribution in [0, 0.1) is 12.3 Å². The van der Waals surface area contributed by atoms with Crippen molar-refractivity contribution in [2.75, 3.05) is 33.4 Å². The van der Waals surface area contributed by atoms with Gasteiger partial charge >= 0.3 is 0 Å². The summed E-state index contributed by atoms with van der Waals surface area (Å²) in [6.07, 6.45) is 0.649. The molecule has 0 saturated carbocycles. The van der Waals surface area contributed by atoms with Gasteiger partial charge in [0.05, 0.1) is 31.0 Å². The standard InChI is InChI=1S/C21H26N6O3S/c1-4-16(20(28)26-9-11-30-12-10-26)31-21-23-19-17(13(2)24-25-19)18(22)27(21)14-5-7-15(29-3)8-6-14/h5-8,16,22H,4,9-12H2,1-3H3,(H,24,25)/t16-/m0/s1. The van der Waals surface area contributed by atoms with Crippen molar-refractivity contribution in [2.24, 2.45) is 0 Å². The Morgan fingerprint density at radius 3 is 2.68 bits per heavy atom. The third-order valence-corrected chi connectivity index (χ3v) is 6.63. The molecule has 0 aliphatic carbocycles. The number of carbonyl (C=O) groups is 1. The first-order chi connectivity index (χ1) is 15.0. The fraction of sp³-hybridized carbons (Fsp3) is 0.429. The van der Waals surface area contributed by atoms with E-state index in [1.807, 2.05) is 43.0 Å². The van der Waals surface area contributed by atoms with Crippen molar-refractivity contribution in [3.05, 3.63) is 35.4 Å². The molecule has 10 heteroatoms. The van der Waals surface area contributed by atoms with E-state index in [0.717, 1.165) is 17.1 Å². The van der Waals surface area contributed by atoms with E-state index in [9.17, 15) is 4.79 Å². The van der Waals surface area contributed by atoms with Gasteiger partial charge in [0.25, 0.3) is 0 Å². The molecule has 2 aromatic heterocycles. The number of nitrogens with zero attached hydrogens (tertiary/aromatic N) is 4. The number of aryl methyl sites for hydroxylation is 1. The molecule has 0 spiro atoms. The summed E-state index contributed by atoms with van der Waals surface area (Å²) >= 11 is 1.37. The number of morpholine rings is 1. The maximum atomic E-state index is 13.1. The van der Waals surface area contributed by atoms with Crippen LogP contribution >= 0.6 is 11.8 Å². The maximum Gasteiger partial charge on any atom is 0.236 e. The SMILES string of the molecule is CC[C@H](Sc1nc2n[nH]c(C)c2c(=N)n1-c1ccc(OC)cc1)C(=O)N1CCOCC1. The van der Waals surface area contributed by atoms with Crippen LogP contribution in [-0.4, -0.2) is 69.2 Å². The monoisotopic (exact) mass is 442 g/mol. The summed E-state index contributed by atoms with van der Waals surface area (Å²) in [5.74, 6) is 0.802. The predicted molar refractivity (Wildman–Crippen MR) is 118 cm³/mol. The number of thioether (sulfide) groups is 1. The second kappa shape index (κ2) is 9.11. The van der Waals surface area contributed by atoms with Crippen molar-refractivity contribution in [3.8, 4) is 11.4 Å². The molecule has 2 N–H and O–H groups in total. The highest BCUT2D eigenvalue weighted by atomic mass is 32.2. The molecule has 1 fully saturated rings. The van der Waals surface area contributed by atoms with Gasteiger partial charge in [-0.1, -0.05) is 18.7 Å². The topological polar surface area (TPSA) is 109 Å². The van der Waals surface area contributed by atoms with Gasteiger partial charge in [0.1, 0.15) is 11.2 Å².